The number of likely N-dealkylation sites (tertiary alicyclic amines) is 1. The molecule has 2 aliphatic rings. The molecule has 3 rings (SSSR count). The summed E-state index contributed by atoms with van der Waals surface area (Å²) in [6.07, 6.45) is 9.35. The lowest BCUT2D eigenvalue weighted by atomic mass is 9.77. The molecule has 124 valence electrons. The van der Waals surface area contributed by atoms with Crippen molar-refractivity contribution in [2.75, 3.05) is 37.7 Å². The number of hydrogen-bond acceptors (Lipinski definition) is 5. The van der Waals surface area contributed by atoms with Crippen molar-refractivity contribution in [3.05, 3.63) is 11.1 Å². The van der Waals surface area contributed by atoms with E-state index in [-0.39, 0.29) is 5.41 Å². The maximum absolute atomic E-state index is 9.86. The molecule has 1 aromatic heterocycles. The third-order valence-corrected chi connectivity index (χ3v) is 6.20. The van der Waals surface area contributed by atoms with E-state index in [2.05, 4.69) is 27.9 Å². The molecule has 3 heterocycles. The van der Waals surface area contributed by atoms with Crippen LogP contribution < -0.4 is 4.90 Å². The summed E-state index contributed by atoms with van der Waals surface area (Å²) in [7, 11) is 0. The molecular weight excluding hydrogens is 294 g/mol. The number of hydrogen-bond donors (Lipinski definition) is 1. The highest BCUT2D eigenvalue weighted by Crippen LogP contribution is 2.35. The molecule has 22 heavy (non-hydrogen) atoms. The summed E-state index contributed by atoms with van der Waals surface area (Å²) in [5, 5.41) is 11.1. The van der Waals surface area contributed by atoms with Gasteiger partial charge in [-0.3, -0.25) is 4.90 Å². The molecule has 1 aromatic rings. The van der Waals surface area contributed by atoms with E-state index < -0.39 is 0 Å². The Hall–Kier alpha value is -0.650. The SMILES string of the molecule is CCC[C@@]1(CO)CCCN(Cc2cnc(N3CCCC3)s2)C1. The van der Waals surface area contributed by atoms with Crippen molar-refractivity contribution >= 4 is 16.5 Å². The van der Waals surface area contributed by atoms with Gasteiger partial charge in [-0.2, -0.15) is 0 Å². The molecule has 0 aliphatic carbocycles. The summed E-state index contributed by atoms with van der Waals surface area (Å²) >= 11 is 1.86. The first-order valence-corrected chi connectivity index (χ1v) is 9.59. The molecule has 0 saturated carbocycles. The first-order chi connectivity index (χ1) is 10.7. The lowest BCUT2D eigenvalue weighted by Crippen LogP contribution is -2.44. The summed E-state index contributed by atoms with van der Waals surface area (Å²) in [5.74, 6) is 0. The third kappa shape index (κ3) is 3.63. The predicted octanol–water partition coefficient (Wildman–Crippen LogP) is 3.12. The number of aromatic nitrogens is 1. The van der Waals surface area contributed by atoms with Crippen molar-refractivity contribution in [1.82, 2.24) is 9.88 Å². The van der Waals surface area contributed by atoms with Crippen LogP contribution in [0.3, 0.4) is 0 Å². The molecule has 0 radical (unpaired) electrons. The van der Waals surface area contributed by atoms with Gasteiger partial charge in [-0.05, 0) is 38.6 Å². The second-order valence-electron chi connectivity index (χ2n) is 7.03. The normalized spacial score (nSPS) is 26.7. The fraction of sp³-hybridized carbons (Fsp3) is 0.824. The van der Waals surface area contributed by atoms with Crippen LogP contribution in [0, 0.1) is 5.41 Å². The number of aliphatic hydroxyl groups is 1. The van der Waals surface area contributed by atoms with Crippen molar-refractivity contribution < 1.29 is 5.11 Å². The second-order valence-corrected chi connectivity index (χ2v) is 8.12. The van der Waals surface area contributed by atoms with Gasteiger partial charge in [0, 0.05) is 49.3 Å². The highest BCUT2D eigenvalue weighted by atomic mass is 32.1. The van der Waals surface area contributed by atoms with E-state index in [1.54, 1.807) is 0 Å². The number of aliphatic hydroxyl groups excluding tert-OH is 1. The number of anilines is 1. The number of nitrogens with zero attached hydrogens (tertiary/aromatic N) is 3. The van der Waals surface area contributed by atoms with E-state index in [1.165, 1.54) is 48.8 Å². The van der Waals surface area contributed by atoms with Crippen LogP contribution in [0.4, 0.5) is 5.13 Å². The van der Waals surface area contributed by atoms with Crippen molar-refractivity contribution in [1.29, 1.82) is 0 Å². The Labute approximate surface area is 138 Å². The van der Waals surface area contributed by atoms with Gasteiger partial charge in [-0.15, -0.1) is 11.3 Å². The van der Waals surface area contributed by atoms with E-state index >= 15 is 0 Å². The predicted molar refractivity (Wildman–Crippen MR) is 92.5 cm³/mol. The van der Waals surface area contributed by atoms with Gasteiger partial charge >= 0.3 is 0 Å². The highest BCUT2D eigenvalue weighted by Gasteiger charge is 2.34. The summed E-state index contributed by atoms with van der Waals surface area (Å²) in [6, 6.07) is 0. The Morgan fingerprint density at radius 3 is 2.82 bits per heavy atom. The Kier molecular flexibility index (Phi) is 5.37. The molecule has 0 spiro atoms. The summed E-state index contributed by atoms with van der Waals surface area (Å²) in [4.78, 5) is 10.9. The fourth-order valence-corrected chi connectivity index (χ4v) is 5.04. The quantitative estimate of drug-likeness (QED) is 0.873. The average Bonchev–Trinajstić information content (AvgIpc) is 3.19. The lowest BCUT2D eigenvalue weighted by molar-refractivity contribution is 0.0220. The average molecular weight is 324 g/mol. The van der Waals surface area contributed by atoms with Crippen LogP contribution in [0.5, 0.6) is 0 Å². The summed E-state index contributed by atoms with van der Waals surface area (Å²) in [5.41, 5.74) is 0.134. The second kappa shape index (κ2) is 7.28. The van der Waals surface area contributed by atoms with Gasteiger partial charge in [-0.1, -0.05) is 13.3 Å². The molecule has 1 N–H and O–H groups in total. The van der Waals surface area contributed by atoms with Gasteiger partial charge in [0.15, 0.2) is 5.13 Å². The minimum absolute atomic E-state index is 0.134. The zero-order chi connectivity index (χ0) is 15.4. The van der Waals surface area contributed by atoms with Crippen LogP contribution >= 0.6 is 11.3 Å². The van der Waals surface area contributed by atoms with Crippen molar-refractivity contribution in [2.45, 2.75) is 52.0 Å². The largest absolute Gasteiger partial charge is 0.396 e. The molecule has 1 atom stereocenters. The van der Waals surface area contributed by atoms with Gasteiger partial charge in [0.2, 0.25) is 0 Å². The zero-order valence-corrected chi connectivity index (χ0v) is 14.6. The van der Waals surface area contributed by atoms with Crippen molar-refractivity contribution in [3.8, 4) is 0 Å². The first-order valence-electron chi connectivity index (χ1n) is 8.77. The maximum Gasteiger partial charge on any atom is 0.185 e. The van der Waals surface area contributed by atoms with Crippen LogP contribution in [0.1, 0.15) is 50.3 Å². The van der Waals surface area contributed by atoms with Crippen molar-refractivity contribution in [2.24, 2.45) is 5.41 Å². The maximum atomic E-state index is 9.86. The smallest absolute Gasteiger partial charge is 0.185 e. The van der Waals surface area contributed by atoms with Crippen molar-refractivity contribution in [3.63, 3.8) is 0 Å². The van der Waals surface area contributed by atoms with Crippen LogP contribution in [0.2, 0.25) is 0 Å². The Balaban J connectivity index is 1.60. The van der Waals surface area contributed by atoms with Crippen LogP contribution in [-0.2, 0) is 6.54 Å². The molecule has 0 bridgehead atoms. The van der Waals surface area contributed by atoms with Crippen LogP contribution in [0.25, 0.3) is 0 Å². The van der Waals surface area contributed by atoms with Crippen LogP contribution in [0.15, 0.2) is 6.20 Å². The minimum atomic E-state index is 0.134. The van der Waals surface area contributed by atoms with E-state index in [9.17, 15) is 5.11 Å². The Morgan fingerprint density at radius 2 is 2.09 bits per heavy atom. The number of thiazole rings is 1. The Morgan fingerprint density at radius 1 is 1.27 bits per heavy atom. The van der Waals surface area contributed by atoms with Gasteiger partial charge in [0.25, 0.3) is 0 Å². The number of piperidine rings is 1. The van der Waals surface area contributed by atoms with E-state index in [4.69, 9.17) is 0 Å². The minimum Gasteiger partial charge on any atom is -0.396 e. The summed E-state index contributed by atoms with van der Waals surface area (Å²) < 4.78 is 0. The van der Waals surface area contributed by atoms with Crippen LogP contribution in [-0.4, -0.2) is 47.8 Å². The molecule has 2 aliphatic heterocycles. The summed E-state index contributed by atoms with van der Waals surface area (Å²) in [6.45, 7) is 8.08. The van der Waals surface area contributed by atoms with E-state index in [1.807, 2.05) is 11.3 Å². The standard InChI is InChI=1S/C17H29N3OS/c1-2-6-17(14-21)7-5-8-19(13-17)12-15-11-18-16(22-15)20-9-3-4-10-20/h11,21H,2-10,12-14H2,1H3/t17-/m1/s1. The molecule has 2 saturated heterocycles. The van der Waals surface area contributed by atoms with Gasteiger partial charge < -0.3 is 10.0 Å². The van der Waals surface area contributed by atoms with E-state index in [0.29, 0.717) is 6.61 Å². The third-order valence-electron chi connectivity index (χ3n) is 5.15. The molecule has 2 fully saturated rings. The molecular formula is C17H29N3OS. The topological polar surface area (TPSA) is 39.6 Å². The molecule has 5 heteroatoms. The van der Waals surface area contributed by atoms with Gasteiger partial charge in [0.05, 0.1) is 0 Å². The molecule has 4 nitrogen and oxygen atoms in total. The fourth-order valence-electron chi connectivity index (χ4n) is 4.03. The van der Waals surface area contributed by atoms with E-state index in [0.717, 1.165) is 32.5 Å². The highest BCUT2D eigenvalue weighted by molar-refractivity contribution is 7.15. The lowest BCUT2D eigenvalue weighted by Gasteiger charge is -2.41. The first kappa shape index (κ1) is 16.2. The zero-order valence-electron chi connectivity index (χ0n) is 13.8. The Bertz CT molecular complexity index is 468. The van der Waals surface area contributed by atoms with Gasteiger partial charge in [0.1, 0.15) is 0 Å². The monoisotopic (exact) mass is 323 g/mol. The molecule has 0 unspecified atom stereocenters. The molecule has 0 amide bonds. The number of rotatable bonds is 6. The van der Waals surface area contributed by atoms with Gasteiger partial charge in [-0.25, -0.2) is 4.98 Å². The molecule has 0 aromatic carbocycles.